The molecule has 0 spiro atoms. The van der Waals surface area contributed by atoms with Gasteiger partial charge in [-0.2, -0.15) is 0 Å². The standard InChI is InChI=1S/C13H18BrNO2/c14-13-8-12(5-4-10(13)9-17)15(6-7-16)11-2-1-3-11/h4-5,8,11,16-17H,1-3,6-7,9H2. The van der Waals surface area contributed by atoms with Crippen LogP contribution in [0, 0.1) is 0 Å². The Morgan fingerprint density at radius 3 is 2.53 bits per heavy atom. The lowest BCUT2D eigenvalue weighted by molar-refractivity contribution is 0.280. The van der Waals surface area contributed by atoms with Gasteiger partial charge in [0.15, 0.2) is 0 Å². The van der Waals surface area contributed by atoms with E-state index in [0.29, 0.717) is 12.6 Å². The van der Waals surface area contributed by atoms with Crippen molar-refractivity contribution in [3.8, 4) is 0 Å². The van der Waals surface area contributed by atoms with Crippen molar-refractivity contribution in [1.29, 1.82) is 0 Å². The van der Waals surface area contributed by atoms with E-state index >= 15 is 0 Å². The predicted octanol–water partition coefficient (Wildman–Crippen LogP) is 2.29. The highest BCUT2D eigenvalue weighted by molar-refractivity contribution is 9.10. The van der Waals surface area contributed by atoms with Crippen LogP contribution in [-0.2, 0) is 6.61 Å². The molecule has 1 aliphatic carbocycles. The van der Waals surface area contributed by atoms with Gasteiger partial charge in [0.1, 0.15) is 0 Å². The molecule has 1 saturated carbocycles. The van der Waals surface area contributed by atoms with Crippen LogP contribution in [0.3, 0.4) is 0 Å². The maximum atomic E-state index is 9.14. The van der Waals surface area contributed by atoms with E-state index in [4.69, 9.17) is 10.2 Å². The van der Waals surface area contributed by atoms with Gasteiger partial charge in [0.05, 0.1) is 13.2 Å². The third-order valence-electron chi connectivity index (χ3n) is 3.40. The normalized spacial score (nSPS) is 15.7. The van der Waals surface area contributed by atoms with Gasteiger partial charge in [-0.15, -0.1) is 0 Å². The monoisotopic (exact) mass is 299 g/mol. The molecule has 2 N–H and O–H groups in total. The summed E-state index contributed by atoms with van der Waals surface area (Å²) in [5.41, 5.74) is 2.01. The summed E-state index contributed by atoms with van der Waals surface area (Å²) in [4.78, 5) is 2.26. The fourth-order valence-electron chi connectivity index (χ4n) is 2.17. The predicted molar refractivity (Wildman–Crippen MR) is 72.1 cm³/mol. The van der Waals surface area contributed by atoms with Crippen LogP contribution in [0.25, 0.3) is 0 Å². The van der Waals surface area contributed by atoms with Crippen LogP contribution in [0.5, 0.6) is 0 Å². The van der Waals surface area contributed by atoms with Crippen molar-refractivity contribution >= 4 is 21.6 Å². The fourth-order valence-corrected chi connectivity index (χ4v) is 2.66. The van der Waals surface area contributed by atoms with Crippen molar-refractivity contribution in [1.82, 2.24) is 0 Å². The number of anilines is 1. The molecule has 0 amide bonds. The minimum Gasteiger partial charge on any atom is -0.395 e. The minimum absolute atomic E-state index is 0.0459. The summed E-state index contributed by atoms with van der Waals surface area (Å²) in [5.74, 6) is 0. The Kier molecular flexibility index (Phi) is 4.42. The van der Waals surface area contributed by atoms with Gasteiger partial charge in [0, 0.05) is 22.7 Å². The quantitative estimate of drug-likeness (QED) is 0.877. The number of halogens is 1. The molecule has 3 nitrogen and oxygen atoms in total. The zero-order chi connectivity index (χ0) is 12.3. The molecule has 1 fully saturated rings. The zero-order valence-electron chi connectivity index (χ0n) is 9.77. The van der Waals surface area contributed by atoms with E-state index in [1.54, 1.807) is 0 Å². The van der Waals surface area contributed by atoms with E-state index in [1.807, 2.05) is 18.2 Å². The van der Waals surface area contributed by atoms with Gasteiger partial charge in [0.2, 0.25) is 0 Å². The van der Waals surface area contributed by atoms with Gasteiger partial charge < -0.3 is 15.1 Å². The third kappa shape index (κ3) is 2.81. The Hall–Kier alpha value is -0.580. The summed E-state index contributed by atoms with van der Waals surface area (Å²) < 4.78 is 0.930. The van der Waals surface area contributed by atoms with Gasteiger partial charge in [0.25, 0.3) is 0 Å². The second-order valence-corrected chi connectivity index (χ2v) is 5.29. The first kappa shape index (κ1) is 12.9. The molecule has 4 heteroatoms. The number of hydrogen-bond acceptors (Lipinski definition) is 3. The topological polar surface area (TPSA) is 43.7 Å². The van der Waals surface area contributed by atoms with Crippen LogP contribution in [0.1, 0.15) is 24.8 Å². The molecule has 0 aliphatic heterocycles. The van der Waals surface area contributed by atoms with Crippen LogP contribution in [-0.4, -0.2) is 29.4 Å². The lowest BCUT2D eigenvalue weighted by atomic mass is 9.91. The van der Waals surface area contributed by atoms with E-state index in [0.717, 1.165) is 15.7 Å². The molecule has 2 rings (SSSR count). The first-order valence-electron chi connectivity index (χ1n) is 6.03. The number of benzene rings is 1. The molecular formula is C13H18BrNO2. The maximum absolute atomic E-state index is 9.14. The second-order valence-electron chi connectivity index (χ2n) is 4.44. The average Bonchev–Trinajstić information content (AvgIpc) is 2.26. The molecule has 0 heterocycles. The molecule has 0 radical (unpaired) electrons. The number of hydrogen-bond donors (Lipinski definition) is 2. The Labute approximate surface area is 110 Å². The molecule has 17 heavy (non-hydrogen) atoms. The number of aliphatic hydroxyl groups excluding tert-OH is 2. The molecular weight excluding hydrogens is 282 g/mol. The maximum Gasteiger partial charge on any atom is 0.0692 e. The summed E-state index contributed by atoms with van der Waals surface area (Å²) in [6.45, 7) is 0.899. The van der Waals surface area contributed by atoms with Crippen molar-refractivity contribution in [3.05, 3.63) is 28.2 Å². The Bertz CT molecular complexity index is 380. The van der Waals surface area contributed by atoms with E-state index in [1.165, 1.54) is 19.3 Å². The van der Waals surface area contributed by atoms with Gasteiger partial charge in [-0.25, -0.2) is 0 Å². The van der Waals surface area contributed by atoms with Crippen LogP contribution in [0.2, 0.25) is 0 Å². The largest absolute Gasteiger partial charge is 0.395 e. The van der Waals surface area contributed by atoms with Crippen LogP contribution in [0.4, 0.5) is 5.69 Å². The minimum atomic E-state index is 0.0459. The lowest BCUT2D eigenvalue weighted by Gasteiger charge is -2.39. The first-order chi connectivity index (χ1) is 8.26. The fraction of sp³-hybridized carbons (Fsp3) is 0.538. The smallest absolute Gasteiger partial charge is 0.0692 e. The lowest BCUT2D eigenvalue weighted by Crippen LogP contribution is -2.41. The van der Waals surface area contributed by atoms with Crippen molar-refractivity contribution in [2.45, 2.75) is 31.9 Å². The third-order valence-corrected chi connectivity index (χ3v) is 4.13. The van der Waals surface area contributed by atoms with Gasteiger partial charge in [-0.05, 0) is 37.0 Å². The molecule has 1 aromatic rings. The van der Waals surface area contributed by atoms with Crippen LogP contribution in [0.15, 0.2) is 22.7 Å². The van der Waals surface area contributed by atoms with Crippen LogP contribution >= 0.6 is 15.9 Å². The summed E-state index contributed by atoms with van der Waals surface area (Å²) in [6.07, 6.45) is 3.70. The molecule has 0 bridgehead atoms. The van der Waals surface area contributed by atoms with Crippen molar-refractivity contribution in [3.63, 3.8) is 0 Å². The van der Waals surface area contributed by atoms with Crippen LogP contribution < -0.4 is 4.90 Å². The van der Waals surface area contributed by atoms with Crippen molar-refractivity contribution in [2.75, 3.05) is 18.1 Å². The highest BCUT2D eigenvalue weighted by Crippen LogP contribution is 2.31. The van der Waals surface area contributed by atoms with Gasteiger partial charge in [-0.1, -0.05) is 22.0 Å². The highest BCUT2D eigenvalue weighted by atomic mass is 79.9. The first-order valence-corrected chi connectivity index (χ1v) is 6.82. The number of nitrogens with zero attached hydrogens (tertiary/aromatic N) is 1. The van der Waals surface area contributed by atoms with Crippen molar-refractivity contribution < 1.29 is 10.2 Å². The zero-order valence-corrected chi connectivity index (χ0v) is 11.4. The number of aliphatic hydroxyl groups is 2. The summed E-state index contributed by atoms with van der Waals surface area (Å²) >= 11 is 3.47. The Morgan fingerprint density at radius 2 is 2.06 bits per heavy atom. The molecule has 1 aromatic carbocycles. The second kappa shape index (κ2) is 5.85. The van der Waals surface area contributed by atoms with E-state index < -0.39 is 0 Å². The Balaban J connectivity index is 2.19. The van der Waals surface area contributed by atoms with Gasteiger partial charge >= 0.3 is 0 Å². The summed E-state index contributed by atoms with van der Waals surface area (Å²) in [7, 11) is 0. The SMILES string of the molecule is OCCN(c1ccc(CO)c(Br)c1)C1CCC1. The average molecular weight is 300 g/mol. The molecule has 94 valence electrons. The molecule has 1 aliphatic rings. The summed E-state index contributed by atoms with van der Waals surface area (Å²) in [5, 5.41) is 18.3. The molecule has 0 atom stereocenters. The summed E-state index contributed by atoms with van der Waals surface area (Å²) in [6, 6.07) is 6.54. The van der Waals surface area contributed by atoms with E-state index in [9.17, 15) is 0 Å². The van der Waals surface area contributed by atoms with Crippen molar-refractivity contribution in [2.24, 2.45) is 0 Å². The number of rotatable bonds is 5. The van der Waals surface area contributed by atoms with E-state index in [-0.39, 0.29) is 13.2 Å². The molecule has 0 unspecified atom stereocenters. The Morgan fingerprint density at radius 1 is 1.29 bits per heavy atom. The van der Waals surface area contributed by atoms with Gasteiger partial charge in [-0.3, -0.25) is 0 Å². The highest BCUT2D eigenvalue weighted by Gasteiger charge is 2.25. The molecule has 0 aromatic heterocycles. The molecule has 0 saturated heterocycles. The van der Waals surface area contributed by atoms with E-state index in [2.05, 4.69) is 20.8 Å².